The molecule has 0 heterocycles. The molecule has 0 aromatic rings. The first-order valence-electron chi connectivity index (χ1n) is 2.78. The van der Waals surface area contributed by atoms with Crippen LogP contribution in [0.15, 0.2) is 0 Å². The van der Waals surface area contributed by atoms with Crippen molar-refractivity contribution in [3.63, 3.8) is 0 Å². The van der Waals surface area contributed by atoms with Crippen LogP contribution in [0.4, 0.5) is 0 Å². The van der Waals surface area contributed by atoms with Gasteiger partial charge in [-0.3, -0.25) is 0 Å². The van der Waals surface area contributed by atoms with Gasteiger partial charge < -0.3 is 0 Å². The molecule has 0 aliphatic heterocycles. The summed E-state index contributed by atoms with van der Waals surface area (Å²) in [4.78, 5) is 0. The molecule has 0 rings (SSSR count). The summed E-state index contributed by atoms with van der Waals surface area (Å²) in [5, 5.41) is 1.58. The fourth-order valence-corrected chi connectivity index (χ4v) is 1.63. The molecule has 0 amide bonds. The van der Waals surface area contributed by atoms with E-state index in [1.807, 2.05) is 11.8 Å². The Labute approximate surface area is 108 Å². The summed E-state index contributed by atoms with van der Waals surface area (Å²) < 4.78 is 0. The van der Waals surface area contributed by atoms with Crippen molar-refractivity contribution >= 4 is 70.9 Å². The van der Waals surface area contributed by atoms with Crippen molar-refractivity contribution in [1.82, 2.24) is 0 Å². The molecule has 0 saturated heterocycles. The molecule has 0 nitrogen and oxygen atoms in total. The zero-order valence-corrected chi connectivity index (χ0v) is 6.38. The second-order valence-electron chi connectivity index (χ2n) is 2.23. The molecular weight excluding hydrogens is 150 g/mol. The number of hydrogen-bond donors (Lipinski definition) is 0. The molecule has 0 aliphatic carbocycles. The first-order chi connectivity index (χ1) is 3.13. The van der Waals surface area contributed by atoms with Crippen LogP contribution in [0.2, 0.25) is 0 Å². The average Bonchev–Trinajstić information content (AvgIpc) is 1.27. The molecule has 0 radical (unpaired) electrons. The van der Waals surface area contributed by atoms with E-state index in [1.165, 1.54) is 0 Å². The van der Waals surface area contributed by atoms with Gasteiger partial charge in [-0.15, -0.1) is 0 Å². The van der Waals surface area contributed by atoms with Gasteiger partial charge in [-0.05, 0) is 10.5 Å². The fourth-order valence-electron chi connectivity index (χ4n) is 0.544. The van der Waals surface area contributed by atoms with Gasteiger partial charge >= 0.3 is 59.1 Å². The Morgan fingerprint density at radius 2 is 1.00 bits per heavy atom. The molecule has 0 saturated carbocycles. The van der Waals surface area contributed by atoms with Gasteiger partial charge in [0, 0.05) is 0 Å². The Morgan fingerprint density at radius 3 is 1.00 bits per heavy atom. The number of thioether (sulfide) groups is 1. The average molecular weight is 166 g/mol. The summed E-state index contributed by atoms with van der Waals surface area (Å²) in [6.45, 7) is 8.91. The summed E-state index contributed by atoms with van der Waals surface area (Å²) in [7, 11) is 0. The predicted octanol–water partition coefficient (Wildman–Crippen LogP) is 1.24. The molecule has 0 N–H and O–H groups in total. The van der Waals surface area contributed by atoms with E-state index in [0.717, 1.165) is 10.5 Å². The van der Waals surface area contributed by atoms with Gasteiger partial charge in [0.05, 0.1) is 0 Å². The van der Waals surface area contributed by atoms with Crippen molar-refractivity contribution in [3.05, 3.63) is 0 Å². The molecule has 0 aliphatic rings. The molecule has 0 aromatic carbocycles. The van der Waals surface area contributed by atoms with Crippen LogP contribution in [0.3, 0.4) is 0 Å². The minimum atomic E-state index is 0. The van der Waals surface area contributed by atoms with E-state index in [2.05, 4.69) is 27.7 Å². The Balaban J connectivity index is -0.000000180. The second kappa shape index (κ2) is 10.3. The molecule has 9 heavy (non-hydrogen) atoms. The number of rotatable bonds is 2. The van der Waals surface area contributed by atoms with Crippen LogP contribution in [-0.4, -0.2) is 69.6 Å². The Morgan fingerprint density at radius 1 is 0.778 bits per heavy atom. The topological polar surface area (TPSA) is 0 Å². The van der Waals surface area contributed by atoms with Gasteiger partial charge in [-0.1, -0.05) is 27.7 Å². The third-order valence-electron chi connectivity index (χ3n) is 0.544. The Bertz CT molecular complexity index is 40.3. The second-order valence-corrected chi connectivity index (χ2v) is 4.39. The van der Waals surface area contributed by atoms with Crippen molar-refractivity contribution in [1.29, 1.82) is 0 Å². The van der Waals surface area contributed by atoms with Crippen LogP contribution in [-0.2, 0) is 0 Å². The fraction of sp³-hybridized carbons (Fsp3) is 1.00. The van der Waals surface area contributed by atoms with E-state index in [4.69, 9.17) is 0 Å². The van der Waals surface area contributed by atoms with Crippen LogP contribution >= 0.6 is 11.8 Å². The van der Waals surface area contributed by atoms with Crippen molar-refractivity contribution < 1.29 is 0 Å². The van der Waals surface area contributed by atoms with Crippen LogP contribution in [0, 0.1) is 0 Å². The molecule has 0 aromatic heterocycles. The zero-order valence-electron chi connectivity index (χ0n) is 5.56. The summed E-state index contributed by atoms with van der Waals surface area (Å²) in [6.07, 6.45) is 0. The van der Waals surface area contributed by atoms with E-state index in [1.54, 1.807) is 0 Å². The van der Waals surface area contributed by atoms with E-state index in [9.17, 15) is 0 Å². The third kappa shape index (κ3) is 17.9. The standard InChI is InChI=1S/C6H14S.2Na.2H/c1-5(2)7-6(3)4;;;;/h5-6H,1-4H3;;;;. The maximum absolute atomic E-state index is 2.23. The molecule has 0 bridgehead atoms. The van der Waals surface area contributed by atoms with E-state index >= 15 is 0 Å². The molecule has 0 fully saturated rings. The van der Waals surface area contributed by atoms with Gasteiger partial charge in [0.15, 0.2) is 0 Å². The summed E-state index contributed by atoms with van der Waals surface area (Å²) >= 11 is 2.01. The summed E-state index contributed by atoms with van der Waals surface area (Å²) in [6, 6.07) is 0. The molecule has 3 heteroatoms. The Kier molecular flexibility index (Phi) is 20.1. The zero-order chi connectivity index (χ0) is 5.86. The van der Waals surface area contributed by atoms with Crippen LogP contribution in [0.25, 0.3) is 0 Å². The van der Waals surface area contributed by atoms with Gasteiger partial charge in [0.1, 0.15) is 0 Å². The van der Waals surface area contributed by atoms with E-state index in [0.29, 0.717) is 0 Å². The minimum absolute atomic E-state index is 0. The van der Waals surface area contributed by atoms with Crippen molar-refractivity contribution in [3.8, 4) is 0 Å². The van der Waals surface area contributed by atoms with E-state index < -0.39 is 0 Å². The summed E-state index contributed by atoms with van der Waals surface area (Å²) in [5.74, 6) is 0. The van der Waals surface area contributed by atoms with Gasteiger partial charge in [-0.2, -0.15) is 11.8 Å². The quantitative estimate of drug-likeness (QED) is 0.556. The Hall–Kier alpha value is 2.35. The predicted molar refractivity (Wildman–Crippen MR) is 52.2 cm³/mol. The normalized spacial score (nSPS) is 8.67. The maximum atomic E-state index is 2.23. The molecule has 0 atom stereocenters. The molecule has 0 spiro atoms. The van der Waals surface area contributed by atoms with Gasteiger partial charge in [-0.25, -0.2) is 0 Å². The van der Waals surface area contributed by atoms with Crippen LogP contribution < -0.4 is 0 Å². The number of hydrogen-bond acceptors (Lipinski definition) is 1. The van der Waals surface area contributed by atoms with Gasteiger partial charge in [0.2, 0.25) is 0 Å². The third-order valence-corrected chi connectivity index (χ3v) is 1.63. The monoisotopic (exact) mass is 166 g/mol. The summed E-state index contributed by atoms with van der Waals surface area (Å²) in [5.41, 5.74) is 0. The van der Waals surface area contributed by atoms with Gasteiger partial charge in [0.25, 0.3) is 0 Å². The van der Waals surface area contributed by atoms with Crippen molar-refractivity contribution in [2.75, 3.05) is 0 Å². The first kappa shape index (κ1) is 17.4. The van der Waals surface area contributed by atoms with Crippen LogP contribution in [0.5, 0.6) is 0 Å². The first-order valence-corrected chi connectivity index (χ1v) is 3.72. The van der Waals surface area contributed by atoms with Crippen molar-refractivity contribution in [2.45, 2.75) is 38.2 Å². The van der Waals surface area contributed by atoms with Crippen molar-refractivity contribution in [2.24, 2.45) is 0 Å². The molecule has 0 unspecified atom stereocenters. The molecule has 48 valence electrons. The van der Waals surface area contributed by atoms with E-state index in [-0.39, 0.29) is 59.1 Å². The SMILES string of the molecule is CC(C)SC(C)C.[NaH].[NaH]. The van der Waals surface area contributed by atoms with Crippen LogP contribution in [0.1, 0.15) is 27.7 Å². The molecular formula is C6H16Na2S.